The molecular formula is C7H7N2O. The van der Waals surface area contributed by atoms with Gasteiger partial charge >= 0.3 is 0 Å². The minimum Gasteiger partial charge on any atom is -0.345 e. The second kappa shape index (κ2) is 2.96. The van der Waals surface area contributed by atoms with Crippen LogP contribution in [0.3, 0.4) is 0 Å². The molecule has 10 heavy (non-hydrogen) atoms. The van der Waals surface area contributed by atoms with Crippen LogP contribution in [0.1, 0.15) is 12.7 Å². The van der Waals surface area contributed by atoms with Crippen LogP contribution in [-0.2, 0) is 4.79 Å². The summed E-state index contributed by atoms with van der Waals surface area (Å²) in [7, 11) is 0. The van der Waals surface area contributed by atoms with E-state index in [1.807, 2.05) is 0 Å². The van der Waals surface area contributed by atoms with Crippen LogP contribution in [0.25, 0.3) is 5.57 Å². The number of hydrogen-bond acceptors (Lipinski definition) is 2. The minimum atomic E-state index is 0.463. The van der Waals surface area contributed by atoms with Crippen molar-refractivity contribution in [3.8, 4) is 0 Å². The highest BCUT2D eigenvalue weighted by Crippen LogP contribution is 2.03. The molecule has 3 heteroatoms. The van der Waals surface area contributed by atoms with Crippen LogP contribution < -0.4 is 0 Å². The third-order valence-electron chi connectivity index (χ3n) is 1.15. The summed E-state index contributed by atoms with van der Waals surface area (Å²) in [5, 5.41) is 0. The van der Waals surface area contributed by atoms with Crippen LogP contribution >= 0.6 is 0 Å². The largest absolute Gasteiger partial charge is 0.345 e. The lowest BCUT2D eigenvalue weighted by atomic mass is 10.3. The number of aromatic amines is 1. The summed E-state index contributed by atoms with van der Waals surface area (Å²) < 4.78 is 0. The number of rotatable bonds is 2. The molecule has 0 spiro atoms. The third kappa shape index (κ3) is 1.13. The Kier molecular flexibility index (Phi) is 1.99. The highest BCUT2D eigenvalue weighted by atomic mass is 16.1. The Bertz CT molecular complexity index is 236. The highest BCUT2D eigenvalue weighted by Gasteiger charge is 1.99. The molecule has 1 radical (unpaired) electrons. The molecule has 0 atom stereocenters. The van der Waals surface area contributed by atoms with Gasteiger partial charge in [0, 0.05) is 12.4 Å². The first-order chi connectivity index (χ1) is 4.88. The summed E-state index contributed by atoms with van der Waals surface area (Å²) in [4.78, 5) is 16.9. The van der Waals surface area contributed by atoms with Crippen molar-refractivity contribution >= 4 is 11.9 Å². The van der Waals surface area contributed by atoms with E-state index in [0.717, 1.165) is 0 Å². The van der Waals surface area contributed by atoms with E-state index in [2.05, 4.69) is 9.97 Å². The van der Waals surface area contributed by atoms with E-state index in [9.17, 15) is 4.79 Å². The Balaban J connectivity index is 2.95. The van der Waals surface area contributed by atoms with Crippen LogP contribution in [0, 0.1) is 0 Å². The van der Waals surface area contributed by atoms with E-state index in [-0.39, 0.29) is 0 Å². The van der Waals surface area contributed by atoms with Crippen LogP contribution in [0.5, 0.6) is 0 Å². The first-order valence-electron chi connectivity index (χ1n) is 2.92. The molecule has 3 nitrogen and oxygen atoms in total. The lowest BCUT2D eigenvalue weighted by Crippen LogP contribution is -1.86. The average Bonchev–Trinajstić information content (AvgIpc) is 2.43. The smallest absolute Gasteiger partial charge is 0.237 e. The standard InChI is InChI=1S/C7H7N2O/c1-2-6(5-10)7-8-3-4-9-7/h2-4H,1H3,(H,8,9). The van der Waals surface area contributed by atoms with Gasteiger partial charge in [-0.05, 0) is 6.92 Å². The van der Waals surface area contributed by atoms with Crippen molar-refractivity contribution < 1.29 is 4.79 Å². The molecule has 0 saturated heterocycles. The van der Waals surface area contributed by atoms with Crippen molar-refractivity contribution in [1.82, 2.24) is 9.97 Å². The van der Waals surface area contributed by atoms with E-state index in [4.69, 9.17) is 0 Å². The summed E-state index contributed by atoms with van der Waals surface area (Å²) in [6.45, 7) is 1.77. The molecule has 0 aliphatic carbocycles. The fourth-order valence-corrected chi connectivity index (χ4v) is 0.657. The summed E-state index contributed by atoms with van der Waals surface area (Å²) in [6.07, 6.45) is 6.69. The van der Waals surface area contributed by atoms with Gasteiger partial charge in [0.05, 0.1) is 5.57 Å². The van der Waals surface area contributed by atoms with Gasteiger partial charge in [0.1, 0.15) is 5.82 Å². The van der Waals surface area contributed by atoms with Crippen molar-refractivity contribution in [3.63, 3.8) is 0 Å². The van der Waals surface area contributed by atoms with Crippen molar-refractivity contribution in [3.05, 3.63) is 24.3 Å². The Morgan fingerprint density at radius 2 is 2.70 bits per heavy atom. The maximum atomic E-state index is 10.2. The Hall–Kier alpha value is -1.38. The van der Waals surface area contributed by atoms with Gasteiger partial charge in [-0.3, -0.25) is 4.79 Å². The molecule has 0 amide bonds. The second-order valence-electron chi connectivity index (χ2n) is 1.74. The first kappa shape index (κ1) is 6.74. The number of imidazole rings is 1. The topological polar surface area (TPSA) is 45.8 Å². The minimum absolute atomic E-state index is 0.463. The lowest BCUT2D eigenvalue weighted by Gasteiger charge is -1.87. The van der Waals surface area contributed by atoms with Crippen molar-refractivity contribution in [1.29, 1.82) is 0 Å². The molecule has 0 aliphatic rings. The van der Waals surface area contributed by atoms with Gasteiger partial charge < -0.3 is 4.98 Å². The number of nitrogens with one attached hydrogen (secondary N) is 1. The van der Waals surface area contributed by atoms with Gasteiger partial charge in [-0.2, -0.15) is 0 Å². The summed E-state index contributed by atoms with van der Waals surface area (Å²) in [5.41, 5.74) is 0.463. The van der Waals surface area contributed by atoms with Gasteiger partial charge in [-0.25, -0.2) is 4.98 Å². The van der Waals surface area contributed by atoms with Gasteiger partial charge in [0.2, 0.25) is 6.29 Å². The monoisotopic (exact) mass is 135 g/mol. The van der Waals surface area contributed by atoms with E-state index in [1.54, 1.807) is 31.7 Å². The molecule has 1 heterocycles. The molecule has 0 aliphatic heterocycles. The van der Waals surface area contributed by atoms with Gasteiger partial charge in [0.15, 0.2) is 0 Å². The molecule has 1 aromatic heterocycles. The predicted molar refractivity (Wildman–Crippen MR) is 37.9 cm³/mol. The zero-order valence-electron chi connectivity index (χ0n) is 5.59. The molecular weight excluding hydrogens is 128 g/mol. The maximum absolute atomic E-state index is 10.2. The van der Waals surface area contributed by atoms with Crippen molar-refractivity contribution in [2.75, 3.05) is 0 Å². The van der Waals surface area contributed by atoms with Crippen LogP contribution in [0.15, 0.2) is 18.5 Å². The molecule has 1 rings (SSSR count). The molecule has 1 N–H and O–H groups in total. The predicted octanol–water partition coefficient (Wildman–Crippen LogP) is 0.923. The van der Waals surface area contributed by atoms with Gasteiger partial charge in [-0.1, -0.05) is 6.08 Å². The number of aromatic nitrogens is 2. The Morgan fingerprint density at radius 1 is 1.90 bits per heavy atom. The number of nitrogens with zero attached hydrogens (tertiary/aromatic N) is 1. The first-order valence-corrected chi connectivity index (χ1v) is 2.92. The number of hydrogen-bond donors (Lipinski definition) is 1. The molecule has 1 aromatic rings. The van der Waals surface area contributed by atoms with Crippen LogP contribution in [-0.4, -0.2) is 16.3 Å². The lowest BCUT2D eigenvalue weighted by molar-refractivity contribution is 0.565. The van der Waals surface area contributed by atoms with E-state index in [0.29, 0.717) is 11.4 Å². The highest BCUT2D eigenvalue weighted by molar-refractivity contribution is 6.05. The molecule has 0 unspecified atom stereocenters. The average molecular weight is 135 g/mol. The third-order valence-corrected chi connectivity index (χ3v) is 1.15. The zero-order valence-corrected chi connectivity index (χ0v) is 5.59. The van der Waals surface area contributed by atoms with Gasteiger partial charge in [0.25, 0.3) is 0 Å². The molecule has 0 aromatic carbocycles. The van der Waals surface area contributed by atoms with Gasteiger partial charge in [-0.15, -0.1) is 0 Å². The van der Waals surface area contributed by atoms with E-state index < -0.39 is 0 Å². The fourth-order valence-electron chi connectivity index (χ4n) is 0.657. The Morgan fingerprint density at radius 3 is 3.10 bits per heavy atom. The maximum Gasteiger partial charge on any atom is 0.237 e. The fraction of sp³-hybridized carbons (Fsp3) is 0.143. The summed E-state index contributed by atoms with van der Waals surface area (Å²) in [6, 6.07) is 0. The van der Waals surface area contributed by atoms with Crippen molar-refractivity contribution in [2.45, 2.75) is 6.92 Å². The van der Waals surface area contributed by atoms with Crippen LogP contribution in [0.4, 0.5) is 0 Å². The molecule has 0 saturated carbocycles. The molecule has 0 bridgehead atoms. The Labute approximate surface area is 58.8 Å². The molecule has 51 valence electrons. The van der Waals surface area contributed by atoms with E-state index in [1.165, 1.54) is 0 Å². The summed E-state index contributed by atoms with van der Waals surface area (Å²) in [5.74, 6) is 0.567. The normalized spacial score (nSPS) is 11.5. The zero-order chi connectivity index (χ0) is 7.40. The SMILES string of the molecule is CC=C([C]=O)c1ncc[nH]1. The number of allylic oxidation sites excluding steroid dienone is 2. The number of carbonyl (C=O) groups excluding carboxylic acids is 1. The van der Waals surface area contributed by atoms with Crippen molar-refractivity contribution in [2.24, 2.45) is 0 Å². The van der Waals surface area contributed by atoms with E-state index >= 15 is 0 Å². The quantitative estimate of drug-likeness (QED) is 0.613. The molecule has 0 fully saturated rings. The number of H-pyrrole nitrogens is 1. The summed E-state index contributed by atoms with van der Waals surface area (Å²) >= 11 is 0. The second-order valence-corrected chi connectivity index (χ2v) is 1.74. The van der Waals surface area contributed by atoms with Crippen LogP contribution in [0.2, 0.25) is 0 Å².